The summed E-state index contributed by atoms with van der Waals surface area (Å²) in [6.45, 7) is 2.76. The lowest BCUT2D eigenvalue weighted by atomic mass is 10.3. The van der Waals surface area contributed by atoms with Crippen LogP contribution in [0.4, 0.5) is 0 Å². The van der Waals surface area contributed by atoms with Gasteiger partial charge in [-0.15, -0.1) is 0 Å². The van der Waals surface area contributed by atoms with E-state index in [1.807, 2.05) is 24.3 Å². The van der Waals surface area contributed by atoms with Crippen molar-refractivity contribution in [1.82, 2.24) is 15.0 Å². The highest BCUT2D eigenvalue weighted by Gasteiger charge is 2.25. The summed E-state index contributed by atoms with van der Waals surface area (Å²) in [4.78, 5) is 6.52. The molecule has 0 N–H and O–H groups in total. The van der Waals surface area contributed by atoms with Gasteiger partial charge in [0.05, 0.1) is 6.54 Å². The van der Waals surface area contributed by atoms with Crippen LogP contribution in [0.2, 0.25) is 5.02 Å². The first-order valence-electron chi connectivity index (χ1n) is 7.18. The molecule has 7 heteroatoms. The molecule has 22 heavy (non-hydrogen) atoms. The summed E-state index contributed by atoms with van der Waals surface area (Å²) >= 11 is 5.97. The fourth-order valence-corrected chi connectivity index (χ4v) is 2.68. The predicted octanol–water partition coefficient (Wildman–Crippen LogP) is 2.52. The maximum Gasteiger partial charge on any atom is 0.240 e. The summed E-state index contributed by atoms with van der Waals surface area (Å²) in [5.41, 5.74) is 0. The Bertz CT molecular complexity index is 620. The van der Waals surface area contributed by atoms with Crippen molar-refractivity contribution in [2.75, 3.05) is 20.2 Å². The number of halogens is 1. The lowest BCUT2D eigenvalue weighted by Crippen LogP contribution is -2.24. The molecule has 0 aliphatic carbocycles. The number of methoxy groups -OCH3 is 1. The zero-order valence-electron chi connectivity index (χ0n) is 12.4. The molecule has 0 unspecified atom stereocenters. The molecule has 1 aromatic carbocycles. The Kier molecular flexibility index (Phi) is 4.92. The molecule has 1 aliphatic heterocycles. The van der Waals surface area contributed by atoms with E-state index in [-0.39, 0.29) is 6.10 Å². The van der Waals surface area contributed by atoms with Gasteiger partial charge in [-0.2, -0.15) is 4.98 Å². The third-order valence-electron chi connectivity index (χ3n) is 3.47. The van der Waals surface area contributed by atoms with Crippen molar-refractivity contribution in [2.45, 2.75) is 25.7 Å². The molecular formula is C15H18ClN3O3. The van der Waals surface area contributed by atoms with Gasteiger partial charge in [0.25, 0.3) is 0 Å². The number of benzene rings is 1. The summed E-state index contributed by atoms with van der Waals surface area (Å²) in [7, 11) is 1.61. The Morgan fingerprint density at radius 1 is 1.45 bits per heavy atom. The molecule has 0 spiro atoms. The van der Waals surface area contributed by atoms with E-state index in [0.717, 1.165) is 25.3 Å². The zero-order valence-corrected chi connectivity index (χ0v) is 13.1. The first kappa shape index (κ1) is 15.3. The average molecular weight is 324 g/mol. The third kappa shape index (κ3) is 3.97. The van der Waals surface area contributed by atoms with Crippen molar-refractivity contribution in [2.24, 2.45) is 0 Å². The molecule has 1 aromatic heterocycles. The van der Waals surface area contributed by atoms with E-state index in [1.165, 1.54) is 0 Å². The van der Waals surface area contributed by atoms with Gasteiger partial charge in [0, 0.05) is 25.2 Å². The van der Waals surface area contributed by atoms with Gasteiger partial charge >= 0.3 is 0 Å². The van der Waals surface area contributed by atoms with Crippen LogP contribution in [0.3, 0.4) is 0 Å². The van der Waals surface area contributed by atoms with E-state index < -0.39 is 0 Å². The number of ether oxygens (including phenoxy) is 2. The van der Waals surface area contributed by atoms with Crippen molar-refractivity contribution in [1.29, 1.82) is 0 Å². The Morgan fingerprint density at radius 3 is 3.18 bits per heavy atom. The van der Waals surface area contributed by atoms with Crippen molar-refractivity contribution in [3.8, 4) is 5.75 Å². The number of rotatable bonds is 6. The molecule has 0 radical (unpaired) electrons. The molecule has 0 saturated carbocycles. The molecule has 0 amide bonds. The highest BCUT2D eigenvalue weighted by molar-refractivity contribution is 6.30. The second-order valence-corrected chi connectivity index (χ2v) is 5.69. The van der Waals surface area contributed by atoms with E-state index in [0.29, 0.717) is 29.9 Å². The minimum absolute atomic E-state index is 0.153. The van der Waals surface area contributed by atoms with Crippen molar-refractivity contribution >= 4 is 11.6 Å². The lowest BCUT2D eigenvalue weighted by Gasteiger charge is -2.15. The third-order valence-corrected chi connectivity index (χ3v) is 3.71. The summed E-state index contributed by atoms with van der Waals surface area (Å²) in [5.74, 6) is 1.98. The SMILES string of the molecule is COCc1noc(CN2CC[C@H](Oc3cccc(Cl)c3)C2)n1. The number of hydrogen-bond donors (Lipinski definition) is 0. The number of nitrogens with zero attached hydrogens (tertiary/aromatic N) is 3. The number of aromatic nitrogens is 2. The van der Waals surface area contributed by atoms with Crippen LogP contribution in [0, 0.1) is 0 Å². The minimum Gasteiger partial charge on any atom is -0.489 e. The Balaban J connectivity index is 1.51. The molecule has 118 valence electrons. The fraction of sp³-hybridized carbons (Fsp3) is 0.467. The molecule has 2 aromatic rings. The van der Waals surface area contributed by atoms with Crippen molar-refractivity contribution < 1.29 is 14.0 Å². The first-order valence-corrected chi connectivity index (χ1v) is 7.55. The van der Waals surface area contributed by atoms with E-state index >= 15 is 0 Å². The highest BCUT2D eigenvalue weighted by atomic mass is 35.5. The molecule has 1 atom stereocenters. The normalized spacial score (nSPS) is 18.7. The topological polar surface area (TPSA) is 60.6 Å². The molecule has 0 bridgehead atoms. The molecule has 1 saturated heterocycles. The molecule has 1 aliphatic rings. The van der Waals surface area contributed by atoms with Gasteiger partial charge in [0.2, 0.25) is 5.89 Å². The summed E-state index contributed by atoms with van der Waals surface area (Å²) < 4.78 is 16.1. The van der Waals surface area contributed by atoms with Crippen LogP contribution in [0.5, 0.6) is 5.75 Å². The van der Waals surface area contributed by atoms with E-state index in [2.05, 4.69) is 15.0 Å². The fourth-order valence-electron chi connectivity index (χ4n) is 2.50. The summed E-state index contributed by atoms with van der Waals surface area (Å²) in [6, 6.07) is 7.48. The van der Waals surface area contributed by atoms with Gasteiger partial charge in [0.1, 0.15) is 18.5 Å². The first-order chi connectivity index (χ1) is 10.7. The largest absolute Gasteiger partial charge is 0.489 e. The monoisotopic (exact) mass is 323 g/mol. The maximum absolute atomic E-state index is 5.97. The molecular weight excluding hydrogens is 306 g/mol. The van der Waals surface area contributed by atoms with Crippen molar-refractivity contribution in [3.63, 3.8) is 0 Å². The van der Waals surface area contributed by atoms with Gasteiger partial charge < -0.3 is 14.0 Å². The van der Waals surface area contributed by atoms with Crippen molar-refractivity contribution in [3.05, 3.63) is 41.0 Å². The van der Waals surface area contributed by atoms with Gasteiger partial charge in [-0.1, -0.05) is 22.8 Å². The van der Waals surface area contributed by atoms with Crippen LogP contribution in [0.25, 0.3) is 0 Å². The Morgan fingerprint density at radius 2 is 2.36 bits per heavy atom. The maximum atomic E-state index is 5.97. The number of likely N-dealkylation sites (tertiary alicyclic amines) is 1. The van der Waals surface area contributed by atoms with E-state index in [9.17, 15) is 0 Å². The van der Waals surface area contributed by atoms with Crippen LogP contribution in [-0.4, -0.2) is 41.3 Å². The quantitative estimate of drug-likeness (QED) is 0.814. The summed E-state index contributed by atoms with van der Waals surface area (Å²) in [6.07, 6.45) is 1.12. The van der Waals surface area contributed by atoms with Gasteiger partial charge in [-0.3, -0.25) is 4.90 Å². The van der Waals surface area contributed by atoms with Crippen LogP contribution >= 0.6 is 11.6 Å². The standard InChI is InChI=1S/C15H18ClN3O3/c1-20-10-14-17-15(22-18-14)9-19-6-5-13(8-19)21-12-4-2-3-11(16)7-12/h2-4,7,13H,5-6,8-10H2,1H3/t13-/m0/s1. The van der Waals surface area contributed by atoms with Crippen LogP contribution in [-0.2, 0) is 17.9 Å². The second kappa shape index (κ2) is 7.09. The van der Waals surface area contributed by atoms with Gasteiger partial charge in [0.15, 0.2) is 5.82 Å². The van der Waals surface area contributed by atoms with E-state index in [1.54, 1.807) is 7.11 Å². The van der Waals surface area contributed by atoms with Gasteiger partial charge in [-0.25, -0.2) is 0 Å². The molecule has 1 fully saturated rings. The smallest absolute Gasteiger partial charge is 0.240 e. The predicted molar refractivity (Wildman–Crippen MR) is 80.8 cm³/mol. The average Bonchev–Trinajstić information content (AvgIpc) is 3.10. The molecule has 6 nitrogen and oxygen atoms in total. The lowest BCUT2D eigenvalue weighted by molar-refractivity contribution is 0.174. The van der Waals surface area contributed by atoms with Crippen LogP contribution in [0.1, 0.15) is 18.1 Å². The summed E-state index contributed by atoms with van der Waals surface area (Å²) in [5, 5.41) is 4.54. The Hall–Kier alpha value is -1.63. The molecule has 2 heterocycles. The minimum atomic E-state index is 0.153. The Labute approximate surface area is 134 Å². The van der Waals surface area contributed by atoms with Crippen LogP contribution < -0.4 is 4.74 Å². The zero-order chi connectivity index (χ0) is 15.4. The van der Waals surface area contributed by atoms with Gasteiger partial charge in [-0.05, 0) is 24.6 Å². The van der Waals surface area contributed by atoms with E-state index in [4.69, 9.17) is 25.6 Å². The number of hydrogen-bond acceptors (Lipinski definition) is 6. The van der Waals surface area contributed by atoms with Crippen LogP contribution in [0.15, 0.2) is 28.8 Å². The highest BCUT2D eigenvalue weighted by Crippen LogP contribution is 2.22. The second-order valence-electron chi connectivity index (χ2n) is 5.26. The molecule has 3 rings (SSSR count).